The van der Waals surface area contributed by atoms with Gasteiger partial charge in [-0.3, -0.25) is 9.59 Å². The van der Waals surface area contributed by atoms with Gasteiger partial charge >= 0.3 is 0 Å². The van der Waals surface area contributed by atoms with Crippen molar-refractivity contribution in [1.29, 1.82) is 0 Å². The molecule has 0 unspecified atom stereocenters. The molecule has 0 spiro atoms. The quantitative estimate of drug-likeness (QED) is 0.700. The van der Waals surface area contributed by atoms with Crippen molar-refractivity contribution in [2.24, 2.45) is 0 Å². The van der Waals surface area contributed by atoms with Crippen LogP contribution in [-0.4, -0.2) is 63.7 Å². The van der Waals surface area contributed by atoms with Crippen molar-refractivity contribution in [2.45, 2.75) is 24.7 Å². The summed E-state index contributed by atoms with van der Waals surface area (Å²) in [6.45, 7) is 3.97. The van der Waals surface area contributed by atoms with Crippen LogP contribution in [0.1, 0.15) is 18.9 Å². The number of carbonyl (C=O) groups excluding carboxylic acids is 2. The van der Waals surface area contributed by atoms with Gasteiger partial charge in [-0.15, -0.1) is 0 Å². The number of rotatable bonds is 4. The molecule has 3 rings (SSSR count). The van der Waals surface area contributed by atoms with Crippen LogP contribution in [0.25, 0.3) is 0 Å². The first-order valence-corrected chi connectivity index (χ1v) is 10.9. The van der Waals surface area contributed by atoms with Crippen molar-refractivity contribution in [1.82, 2.24) is 4.90 Å². The fraction of sp³-hybridized carbons (Fsp3) is 0.529. The second-order valence-electron chi connectivity index (χ2n) is 6.39. The van der Waals surface area contributed by atoms with Gasteiger partial charge in [0.25, 0.3) is 0 Å². The molecule has 0 saturated carbocycles. The summed E-state index contributed by atoms with van der Waals surface area (Å²) in [5.41, 5.74) is 1.58. The van der Waals surface area contributed by atoms with Crippen LogP contribution < -0.4 is 4.90 Å². The van der Waals surface area contributed by atoms with Gasteiger partial charge in [-0.2, -0.15) is 0 Å². The van der Waals surface area contributed by atoms with Crippen molar-refractivity contribution < 1.29 is 22.7 Å². The predicted molar refractivity (Wildman–Crippen MR) is 99.9 cm³/mol. The van der Waals surface area contributed by atoms with Crippen LogP contribution >= 0.6 is 15.9 Å². The monoisotopic (exact) mass is 444 g/mol. The van der Waals surface area contributed by atoms with Gasteiger partial charge in [-0.1, -0.05) is 0 Å². The number of amides is 2. The summed E-state index contributed by atoms with van der Waals surface area (Å²) < 4.78 is 31.2. The number of sulfone groups is 1. The molecule has 142 valence electrons. The minimum atomic E-state index is -3.66. The largest absolute Gasteiger partial charge is 0.378 e. The molecule has 1 fully saturated rings. The molecule has 9 heteroatoms. The third-order valence-electron chi connectivity index (χ3n) is 4.69. The van der Waals surface area contributed by atoms with E-state index in [0.29, 0.717) is 49.4 Å². The molecule has 1 aromatic rings. The van der Waals surface area contributed by atoms with E-state index in [0.717, 1.165) is 5.56 Å². The van der Waals surface area contributed by atoms with E-state index in [1.165, 1.54) is 6.92 Å². The average Bonchev–Trinajstić information content (AvgIpc) is 3.02. The third-order valence-corrected chi connectivity index (χ3v) is 7.36. The summed E-state index contributed by atoms with van der Waals surface area (Å²) >= 11 is 3.33. The molecule has 0 aromatic heterocycles. The number of fused-ring (bicyclic) bond motifs is 1. The molecule has 2 aliphatic heterocycles. The maximum absolute atomic E-state index is 12.8. The summed E-state index contributed by atoms with van der Waals surface area (Å²) in [7, 11) is -3.66. The van der Waals surface area contributed by atoms with Gasteiger partial charge in [-0.25, -0.2) is 8.42 Å². The molecular weight excluding hydrogens is 424 g/mol. The molecule has 26 heavy (non-hydrogen) atoms. The predicted octanol–water partition coefficient (Wildman–Crippen LogP) is 1.38. The van der Waals surface area contributed by atoms with Crippen LogP contribution in [0.3, 0.4) is 0 Å². The maximum atomic E-state index is 12.8. The smallest absolute Gasteiger partial charge is 0.223 e. The lowest BCUT2D eigenvalue weighted by atomic mass is 10.2. The van der Waals surface area contributed by atoms with Gasteiger partial charge in [0.15, 0.2) is 9.84 Å². The summed E-state index contributed by atoms with van der Waals surface area (Å²) in [5, 5.41) is 0. The second-order valence-corrected chi connectivity index (χ2v) is 9.33. The minimum absolute atomic E-state index is 0.0672. The first kappa shape index (κ1) is 19.3. The molecular formula is C17H21BrN2O5S. The minimum Gasteiger partial charge on any atom is -0.378 e. The van der Waals surface area contributed by atoms with E-state index in [1.54, 1.807) is 21.9 Å². The lowest BCUT2D eigenvalue weighted by Gasteiger charge is -2.26. The van der Waals surface area contributed by atoms with Crippen LogP contribution in [0, 0.1) is 0 Å². The molecule has 7 nitrogen and oxygen atoms in total. The molecule has 0 aliphatic carbocycles. The Hall–Kier alpha value is -1.45. The zero-order valence-electron chi connectivity index (χ0n) is 14.5. The SMILES string of the molecule is CC(=O)N1CCc2cc(Br)c(S(=O)(=O)CCC(=O)N3CCOCC3)cc21. The van der Waals surface area contributed by atoms with E-state index in [4.69, 9.17) is 4.74 Å². The normalized spacial score (nSPS) is 17.3. The summed E-state index contributed by atoms with van der Waals surface area (Å²) in [6, 6.07) is 3.30. The average molecular weight is 445 g/mol. The van der Waals surface area contributed by atoms with E-state index < -0.39 is 9.84 Å². The van der Waals surface area contributed by atoms with Crippen LogP contribution in [-0.2, 0) is 30.6 Å². The lowest BCUT2D eigenvalue weighted by Crippen LogP contribution is -2.41. The van der Waals surface area contributed by atoms with Gasteiger partial charge in [0.1, 0.15) is 0 Å². The Balaban J connectivity index is 1.78. The van der Waals surface area contributed by atoms with Gasteiger partial charge in [-0.05, 0) is 40.0 Å². The third kappa shape index (κ3) is 3.94. The number of halogens is 1. The van der Waals surface area contributed by atoms with Gasteiger partial charge in [0.2, 0.25) is 11.8 Å². The van der Waals surface area contributed by atoms with Crippen molar-refractivity contribution in [3.8, 4) is 0 Å². The van der Waals surface area contributed by atoms with Crippen LogP contribution in [0.2, 0.25) is 0 Å². The summed E-state index contributed by atoms with van der Waals surface area (Å²) in [6.07, 6.45) is 0.631. The number of hydrogen-bond acceptors (Lipinski definition) is 5. The van der Waals surface area contributed by atoms with E-state index >= 15 is 0 Å². The fourth-order valence-corrected chi connectivity index (χ4v) is 5.70. The van der Waals surface area contributed by atoms with Crippen molar-refractivity contribution in [3.63, 3.8) is 0 Å². The Labute approximate surface area is 161 Å². The Morgan fingerprint density at radius 2 is 1.88 bits per heavy atom. The van der Waals surface area contributed by atoms with E-state index in [-0.39, 0.29) is 28.9 Å². The Morgan fingerprint density at radius 3 is 2.54 bits per heavy atom. The van der Waals surface area contributed by atoms with Gasteiger partial charge in [0.05, 0.1) is 23.9 Å². The molecule has 2 aliphatic rings. The molecule has 0 N–H and O–H groups in total. The molecule has 0 radical (unpaired) electrons. The highest BCUT2D eigenvalue weighted by Crippen LogP contribution is 2.36. The Kier molecular flexibility index (Phi) is 5.69. The number of carbonyl (C=O) groups is 2. The molecule has 1 saturated heterocycles. The topological polar surface area (TPSA) is 84.0 Å². The van der Waals surface area contributed by atoms with Crippen molar-refractivity contribution in [2.75, 3.05) is 43.5 Å². The zero-order chi connectivity index (χ0) is 18.9. The van der Waals surface area contributed by atoms with E-state index in [9.17, 15) is 18.0 Å². The van der Waals surface area contributed by atoms with Crippen molar-refractivity contribution in [3.05, 3.63) is 22.2 Å². The number of hydrogen-bond donors (Lipinski definition) is 0. The molecule has 1 aromatic carbocycles. The highest BCUT2D eigenvalue weighted by molar-refractivity contribution is 9.10. The number of nitrogens with zero attached hydrogens (tertiary/aromatic N) is 2. The molecule has 0 atom stereocenters. The molecule has 2 heterocycles. The van der Waals surface area contributed by atoms with Crippen LogP contribution in [0.4, 0.5) is 5.69 Å². The Bertz CT molecular complexity index is 834. The lowest BCUT2D eigenvalue weighted by molar-refractivity contribution is -0.134. The number of anilines is 1. The number of ether oxygens (including phenoxy) is 1. The zero-order valence-corrected chi connectivity index (χ0v) is 16.9. The fourth-order valence-electron chi connectivity index (χ4n) is 3.26. The highest BCUT2D eigenvalue weighted by Gasteiger charge is 2.28. The maximum Gasteiger partial charge on any atom is 0.223 e. The second kappa shape index (κ2) is 7.66. The number of morpholine rings is 1. The van der Waals surface area contributed by atoms with E-state index in [2.05, 4.69) is 15.9 Å². The molecule has 2 amide bonds. The molecule has 0 bridgehead atoms. The Morgan fingerprint density at radius 1 is 1.19 bits per heavy atom. The van der Waals surface area contributed by atoms with Crippen molar-refractivity contribution >= 4 is 43.3 Å². The first-order chi connectivity index (χ1) is 12.3. The van der Waals surface area contributed by atoms with E-state index in [1.807, 2.05) is 0 Å². The van der Waals surface area contributed by atoms with Gasteiger partial charge < -0.3 is 14.5 Å². The summed E-state index contributed by atoms with van der Waals surface area (Å²) in [5.74, 6) is -0.558. The standard InChI is InChI=1S/C17H21BrN2O5S/c1-12(21)20-4-2-13-10-14(18)16(11-15(13)20)26(23,24)9-3-17(22)19-5-7-25-8-6-19/h10-11H,2-9H2,1H3. The highest BCUT2D eigenvalue weighted by atomic mass is 79.9. The van der Waals surface area contributed by atoms with Gasteiger partial charge in [0, 0.05) is 43.1 Å². The first-order valence-electron chi connectivity index (χ1n) is 8.48. The summed E-state index contributed by atoms with van der Waals surface area (Å²) in [4.78, 5) is 27.3. The van der Waals surface area contributed by atoms with Crippen LogP contribution in [0.5, 0.6) is 0 Å². The van der Waals surface area contributed by atoms with Crippen LogP contribution in [0.15, 0.2) is 21.5 Å². The number of benzene rings is 1.